The Hall–Kier alpha value is -1.45. The fourth-order valence-electron chi connectivity index (χ4n) is 1.59. The maximum Gasteiger partial charge on any atom is 0.151 e. The van der Waals surface area contributed by atoms with Gasteiger partial charge in [0.1, 0.15) is 5.82 Å². The van der Waals surface area contributed by atoms with Gasteiger partial charge >= 0.3 is 0 Å². The molecule has 4 heteroatoms. The Balaban J connectivity index is 2.25. The van der Waals surface area contributed by atoms with Crippen LogP contribution in [0, 0.1) is 0 Å². The van der Waals surface area contributed by atoms with Gasteiger partial charge in [0.2, 0.25) is 0 Å². The van der Waals surface area contributed by atoms with Crippen LogP contribution in [0.2, 0.25) is 0 Å². The monoisotopic (exact) mass is 177 g/mol. The predicted octanol–water partition coefficient (Wildman–Crippen LogP) is 1.18. The van der Waals surface area contributed by atoms with Crippen molar-refractivity contribution in [3.63, 3.8) is 0 Å². The van der Waals surface area contributed by atoms with E-state index >= 15 is 0 Å². The second-order valence-electron chi connectivity index (χ2n) is 3.30. The summed E-state index contributed by atoms with van der Waals surface area (Å²) >= 11 is 0. The summed E-state index contributed by atoms with van der Waals surface area (Å²) in [6.07, 6.45) is 2.45. The van der Waals surface area contributed by atoms with E-state index in [2.05, 4.69) is 9.88 Å². The van der Waals surface area contributed by atoms with Crippen molar-refractivity contribution in [3.05, 3.63) is 12.1 Å². The van der Waals surface area contributed by atoms with Crippen LogP contribution in [-0.4, -0.2) is 18.1 Å². The number of nitrogens with two attached hydrogens (primary N) is 1. The number of nitrogens with zero attached hydrogens (tertiary/aromatic N) is 2. The highest BCUT2D eigenvalue weighted by Crippen LogP contribution is 2.22. The van der Waals surface area contributed by atoms with Crippen LogP contribution in [0.1, 0.15) is 12.8 Å². The minimum absolute atomic E-state index is 0.308. The van der Waals surface area contributed by atoms with Crippen molar-refractivity contribution in [2.45, 2.75) is 12.8 Å². The normalized spacial score (nSPS) is 16.5. The lowest BCUT2D eigenvalue weighted by atomic mass is 10.3. The molecule has 2 heterocycles. The SMILES string of the molecule is [NH]c1ccc(N2CCCC2)nc1N. The Morgan fingerprint density at radius 3 is 2.62 bits per heavy atom. The molecule has 3 N–H and O–H groups in total. The fourth-order valence-corrected chi connectivity index (χ4v) is 1.59. The first kappa shape index (κ1) is 8.16. The van der Waals surface area contributed by atoms with Gasteiger partial charge in [-0.2, -0.15) is 0 Å². The zero-order valence-electron chi connectivity index (χ0n) is 7.45. The zero-order valence-corrected chi connectivity index (χ0v) is 7.45. The highest BCUT2D eigenvalue weighted by molar-refractivity contribution is 5.60. The van der Waals surface area contributed by atoms with Gasteiger partial charge in [0, 0.05) is 13.1 Å². The van der Waals surface area contributed by atoms with Crippen LogP contribution in [0.25, 0.3) is 0 Å². The lowest BCUT2D eigenvalue weighted by Gasteiger charge is -2.16. The van der Waals surface area contributed by atoms with E-state index in [1.807, 2.05) is 6.07 Å². The molecule has 0 aromatic carbocycles. The third-order valence-corrected chi connectivity index (χ3v) is 2.34. The molecule has 0 bridgehead atoms. The Labute approximate surface area is 77.5 Å². The standard InChI is InChI=1S/C9H13N4/c10-7-3-4-8(12-9(7)11)13-5-1-2-6-13/h3-4,10H,1-2,5-6H2,(H2,11,12). The molecule has 0 unspecified atom stereocenters. The summed E-state index contributed by atoms with van der Waals surface area (Å²) in [6, 6.07) is 3.57. The topological polar surface area (TPSA) is 66.0 Å². The molecule has 13 heavy (non-hydrogen) atoms. The third-order valence-electron chi connectivity index (χ3n) is 2.34. The highest BCUT2D eigenvalue weighted by Gasteiger charge is 2.13. The molecular formula is C9H13N4. The summed E-state index contributed by atoms with van der Waals surface area (Å²) in [5, 5.41) is 0. The van der Waals surface area contributed by atoms with Gasteiger partial charge < -0.3 is 10.6 Å². The fraction of sp³-hybridized carbons (Fsp3) is 0.444. The molecule has 4 nitrogen and oxygen atoms in total. The van der Waals surface area contributed by atoms with Crippen molar-refractivity contribution in [2.24, 2.45) is 0 Å². The molecule has 2 rings (SSSR count). The summed E-state index contributed by atoms with van der Waals surface area (Å²) in [6.45, 7) is 2.12. The summed E-state index contributed by atoms with van der Waals surface area (Å²) in [5.74, 6) is 1.23. The van der Waals surface area contributed by atoms with E-state index in [0.29, 0.717) is 11.5 Å². The quantitative estimate of drug-likeness (QED) is 0.700. The van der Waals surface area contributed by atoms with Crippen LogP contribution < -0.4 is 16.4 Å². The Bertz CT molecular complexity index is 304. The number of hydrogen-bond acceptors (Lipinski definition) is 3. The number of rotatable bonds is 1. The van der Waals surface area contributed by atoms with Crippen molar-refractivity contribution < 1.29 is 0 Å². The molecule has 1 aliphatic rings. The molecule has 1 aliphatic heterocycles. The van der Waals surface area contributed by atoms with E-state index in [9.17, 15) is 0 Å². The summed E-state index contributed by atoms with van der Waals surface area (Å²) < 4.78 is 0. The summed E-state index contributed by atoms with van der Waals surface area (Å²) in [5.41, 5.74) is 13.3. The molecule has 1 aromatic rings. The smallest absolute Gasteiger partial charge is 0.151 e. The maximum absolute atomic E-state index is 7.38. The average Bonchev–Trinajstić information content (AvgIpc) is 2.62. The Morgan fingerprint density at radius 2 is 2.00 bits per heavy atom. The third kappa shape index (κ3) is 1.52. The van der Waals surface area contributed by atoms with E-state index in [1.165, 1.54) is 12.8 Å². The Kier molecular flexibility index (Phi) is 1.96. The van der Waals surface area contributed by atoms with Crippen LogP contribution in [-0.2, 0) is 0 Å². The van der Waals surface area contributed by atoms with Gasteiger partial charge in [-0.05, 0) is 25.0 Å². The molecular weight excluding hydrogens is 164 g/mol. The molecule has 0 amide bonds. The van der Waals surface area contributed by atoms with E-state index < -0.39 is 0 Å². The molecule has 1 aromatic heterocycles. The van der Waals surface area contributed by atoms with E-state index in [4.69, 9.17) is 11.5 Å². The average molecular weight is 177 g/mol. The minimum Gasteiger partial charge on any atom is -0.382 e. The second-order valence-corrected chi connectivity index (χ2v) is 3.30. The first-order valence-electron chi connectivity index (χ1n) is 4.50. The van der Waals surface area contributed by atoms with Crippen molar-refractivity contribution in [1.82, 2.24) is 10.7 Å². The van der Waals surface area contributed by atoms with Crippen molar-refractivity contribution in [1.29, 1.82) is 0 Å². The molecule has 1 saturated heterocycles. The lowest BCUT2D eigenvalue weighted by Crippen LogP contribution is -2.19. The number of hydrogen-bond donors (Lipinski definition) is 1. The van der Waals surface area contributed by atoms with Crippen LogP contribution in [0.4, 0.5) is 17.3 Å². The van der Waals surface area contributed by atoms with Gasteiger partial charge in [0.15, 0.2) is 5.82 Å². The van der Waals surface area contributed by atoms with Crippen molar-refractivity contribution in [3.8, 4) is 0 Å². The van der Waals surface area contributed by atoms with Gasteiger partial charge in [-0.25, -0.2) is 4.98 Å². The van der Waals surface area contributed by atoms with Crippen LogP contribution in [0.5, 0.6) is 0 Å². The first-order chi connectivity index (χ1) is 6.27. The first-order valence-corrected chi connectivity index (χ1v) is 4.50. The number of pyridine rings is 1. The van der Waals surface area contributed by atoms with E-state index in [1.54, 1.807) is 6.07 Å². The van der Waals surface area contributed by atoms with Gasteiger partial charge in [-0.1, -0.05) is 0 Å². The van der Waals surface area contributed by atoms with Crippen LogP contribution in [0.3, 0.4) is 0 Å². The minimum atomic E-state index is 0.308. The van der Waals surface area contributed by atoms with Gasteiger partial charge in [0.05, 0.1) is 5.69 Å². The van der Waals surface area contributed by atoms with Crippen molar-refractivity contribution in [2.75, 3.05) is 23.7 Å². The number of aromatic nitrogens is 1. The predicted molar refractivity (Wildman–Crippen MR) is 52.9 cm³/mol. The van der Waals surface area contributed by atoms with E-state index in [-0.39, 0.29) is 0 Å². The molecule has 0 spiro atoms. The molecule has 0 saturated carbocycles. The molecule has 69 valence electrons. The largest absolute Gasteiger partial charge is 0.382 e. The lowest BCUT2D eigenvalue weighted by molar-refractivity contribution is 0.939. The second kappa shape index (κ2) is 3.12. The van der Waals surface area contributed by atoms with E-state index in [0.717, 1.165) is 18.9 Å². The molecule has 0 atom stereocenters. The van der Waals surface area contributed by atoms with Gasteiger partial charge in [-0.15, -0.1) is 0 Å². The van der Waals surface area contributed by atoms with Crippen LogP contribution in [0.15, 0.2) is 12.1 Å². The van der Waals surface area contributed by atoms with Gasteiger partial charge in [0.25, 0.3) is 0 Å². The number of anilines is 2. The van der Waals surface area contributed by atoms with Crippen molar-refractivity contribution >= 4 is 17.3 Å². The van der Waals surface area contributed by atoms with Gasteiger partial charge in [-0.3, -0.25) is 5.73 Å². The van der Waals surface area contributed by atoms with Crippen LogP contribution >= 0.6 is 0 Å². The number of nitrogens with one attached hydrogen (secondary N) is 1. The zero-order chi connectivity index (χ0) is 9.26. The molecule has 1 radical (unpaired) electrons. The maximum atomic E-state index is 7.38. The number of nitrogen functional groups attached to an aromatic ring is 1. The highest BCUT2D eigenvalue weighted by atomic mass is 15.2. The summed E-state index contributed by atoms with van der Waals surface area (Å²) in [7, 11) is 0. The Morgan fingerprint density at radius 1 is 1.31 bits per heavy atom. The molecule has 0 aliphatic carbocycles. The summed E-state index contributed by atoms with van der Waals surface area (Å²) in [4.78, 5) is 6.38. The molecule has 1 fully saturated rings.